The summed E-state index contributed by atoms with van der Waals surface area (Å²) in [5, 5.41) is 17.6. The van der Waals surface area contributed by atoms with E-state index in [1.807, 2.05) is 24.3 Å². The molecule has 0 saturated heterocycles. The molecule has 4 unspecified atom stereocenters. The number of carboxylic acids is 1. The number of fused-ring (bicyclic) bond motifs is 1. The molecular formula is C24H35N9O6S. The number of rotatable bonds is 16. The van der Waals surface area contributed by atoms with E-state index in [9.17, 15) is 29.1 Å². The Morgan fingerprint density at radius 3 is 2.20 bits per heavy atom. The quantitative estimate of drug-likeness (QED) is 0.0434. The van der Waals surface area contributed by atoms with Crippen LogP contribution in [-0.4, -0.2) is 82.1 Å². The van der Waals surface area contributed by atoms with Crippen molar-refractivity contribution in [3.05, 3.63) is 36.0 Å². The smallest absolute Gasteiger partial charge is 0.326 e. The van der Waals surface area contributed by atoms with Crippen molar-refractivity contribution in [2.75, 3.05) is 12.3 Å². The van der Waals surface area contributed by atoms with Crippen LogP contribution < -0.4 is 38.9 Å². The van der Waals surface area contributed by atoms with E-state index in [1.54, 1.807) is 6.20 Å². The van der Waals surface area contributed by atoms with Gasteiger partial charge in [0.25, 0.3) is 0 Å². The largest absolute Gasteiger partial charge is 0.480 e. The number of primary amides is 1. The summed E-state index contributed by atoms with van der Waals surface area (Å²) < 4.78 is 0. The molecule has 0 saturated carbocycles. The second-order valence-electron chi connectivity index (χ2n) is 8.99. The third kappa shape index (κ3) is 9.77. The number of aliphatic imine (C=N–C) groups is 1. The van der Waals surface area contributed by atoms with E-state index in [2.05, 4.69) is 38.6 Å². The fraction of sp³-hybridized carbons (Fsp3) is 0.417. The minimum Gasteiger partial charge on any atom is -0.480 e. The zero-order chi connectivity index (χ0) is 29.8. The maximum Gasteiger partial charge on any atom is 0.326 e. The van der Waals surface area contributed by atoms with E-state index in [0.29, 0.717) is 5.56 Å². The highest BCUT2D eigenvalue weighted by molar-refractivity contribution is 7.80. The topological polar surface area (TPSA) is 274 Å². The first-order valence-electron chi connectivity index (χ1n) is 12.3. The van der Waals surface area contributed by atoms with Crippen LogP contribution in [0.4, 0.5) is 0 Å². The molecule has 15 nitrogen and oxygen atoms in total. The molecule has 4 amide bonds. The van der Waals surface area contributed by atoms with E-state index in [0.717, 1.165) is 10.9 Å². The fourth-order valence-corrected chi connectivity index (χ4v) is 3.97. The van der Waals surface area contributed by atoms with Gasteiger partial charge in [-0.25, -0.2) is 4.79 Å². The van der Waals surface area contributed by atoms with Gasteiger partial charge in [-0.1, -0.05) is 18.2 Å². The number of thiol groups is 1. The minimum atomic E-state index is -1.52. The second-order valence-corrected chi connectivity index (χ2v) is 9.36. The predicted octanol–water partition coefficient (Wildman–Crippen LogP) is -2.56. The number of aromatic nitrogens is 1. The van der Waals surface area contributed by atoms with Crippen LogP contribution in [0.25, 0.3) is 10.9 Å². The summed E-state index contributed by atoms with van der Waals surface area (Å²) in [6.07, 6.45) is 1.27. The van der Waals surface area contributed by atoms with E-state index in [-0.39, 0.29) is 37.5 Å². The summed E-state index contributed by atoms with van der Waals surface area (Å²) in [4.78, 5) is 69.1. The van der Waals surface area contributed by atoms with Gasteiger partial charge in [0, 0.05) is 35.8 Å². The zero-order valence-electron chi connectivity index (χ0n) is 21.6. The van der Waals surface area contributed by atoms with Crippen molar-refractivity contribution in [1.82, 2.24) is 20.9 Å². The van der Waals surface area contributed by atoms with Crippen LogP contribution in [0.5, 0.6) is 0 Å². The Morgan fingerprint density at radius 1 is 0.950 bits per heavy atom. The third-order valence-electron chi connectivity index (χ3n) is 5.86. The van der Waals surface area contributed by atoms with Crippen molar-refractivity contribution in [2.24, 2.45) is 27.9 Å². The van der Waals surface area contributed by atoms with Gasteiger partial charge in [-0.3, -0.25) is 24.2 Å². The molecule has 0 spiro atoms. The number of carboxylic acid groups (broad SMARTS) is 1. The molecule has 16 heteroatoms. The van der Waals surface area contributed by atoms with Gasteiger partial charge in [0.1, 0.15) is 18.1 Å². The molecule has 0 aliphatic rings. The summed E-state index contributed by atoms with van der Waals surface area (Å²) in [6, 6.07) is 2.21. The molecule has 218 valence electrons. The Balaban J connectivity index is 2.24. The predicted molar refractivity (Wildman–Crippen MR) is 151 cm³/mol. The molecule has 1 aromatic heterocycles. The van der Waals surface area contributed by atoms with Crippen molar-refractivity contribution in [3.63, 3.8) is 0 Å². The first-order chi connectivity index (χ1) is 18.9. The van der Waals surface area contributed by atoms with Crippen LogP contribution in [0.3, 0.4) is 0 Å². The van der Waals surface area contributed by atoms with Crippen molar-refractivity contribution >= 4 is 59.1 Å². The number of guanidine groups is 1. The molecular weight excluding hydrogens is 542 g/mol. The summed E-state index contributed by atoms with van der Waals surface area (Å²) in [6.45, 7) is 0.132. The lowest BCUT2D eigenvalue weighted by molar-refractivity contribution is -0.142. The Morgan fingerprint density at radius 2 is 1.57 bits per heavy atom. The molecule has 1 heterocycles. The van der Waals surface area contributed by atoms with Crippen LogP contribution in [-0.2, 0) is 30.4 Å². The van der Waals surface area contributed by atoms with Gasteiger partial charge in [0.05, 0.1) is 12.5 Å². The van der Waals surface area contributed by atoms with Crippen LogP contribution >= 0.6 is 12.6 Å². The van der Waals surface area contributed by atoms with Gasteiger partial charge in [-0.05, 0) is 24.5 Å². The maximum atomic E-state index is 13.4. The molecule has 0 fully saturated rings. The molecule has 0 bridgehead atoms. The molecule has 0 aliphatic carbocycles. The molecule has 0 radical (unpaired) electrons. The van der Waals surface area contributed by atoms with E-state index >= 15 is 0 Å². The van der Waals surface area contributed by atoms with Crippen LogP contribution in [0.1, 0.15) is 24.8 Å². The summed E-state index contributed by atoms with van der Waals surface area (Å²) in [7, 11) is 0. The summed E-state index contributed by atoms with van der Waals surface area (Å²) in [5.41, 5.74) is 23.0. The lowest BCUT2D eigenvalue weighted by Crippen LogP contribution is -2.58. The standard InChI is InChI=1S/C24H35N9O6S/c25-14(11-40)20(35)32-17(8-12-10-30-15-5-2-1-4-13(12)15)21(36)33-18(9-19(26)34)22(37)31-16(23(38)39)6-3-7-29-24(27)28/h1-2,4-5,10,14,16-18,30,40H,3,6-9,11,25H2,(H2,26,34)(H,31,37)(H,32,35)(H,33,36)(H,38,39)(H4,27,28,29). The lowest BCUT2D eigenvalue weighted by Gasteiger charge is -2.24. The molecule has 40 heavy (non-hydrogen) atoms. The number of carbonyl (C=O) groups is 5. The minimum absolute atomic E-state index is 0.00827. The SMILES string of the molecule is NC(=O)CC(NC(=O)C(Cc1c[nH]c2ccccc12)NC(=O)C(N)CS)C(=O)NC(CCCN=C(N)N)C(=O)O. The number of H-pyrrole nitrogens is 1. The van der Waals surface area contributed by atoms with Gasteiger partial charge in [0.2, 0.25) is 23.6 Å². The van der Waals surface area contributed by atoms with E-state index < -0.39 is 60.2 Å². The van der Waals surface area contributed by atoms with E-state index in [4.69, 9.17) is 22.9 Å². The van der Waals surface area contributed by atoms with E-state index in [1.165, 1.54) is 0 Å². The van der Waals surface area contributed by atoms with Gasteiger partial charge in [-0.2, -0.15) is 12.6 Å². The number of nitrogens with one attached hydrogen (secondary N) is 4. The first kappa shape index (κ1) is 31.9. The first-order valence-corrected chi connectivity index (χ1v) is 12.9. The lowest BCUT2D eigenvalue weighted by atomic mass is 10.0. The number of hydrogen-bond donors (Lipinski definition) is 10. The number of aliphatic carboxylic acids is 1. The summed E-state index contributed by atoms with van der Waals surface area (Å²) in [5.74, 6) is -4.83. The Labute approximate surface area is 235 Å². The maximum absolute atomic E-state index is 13.4. The number of carbonyl (C=O) groups excluding carboxylic acids is 4. The Hall–Kier alpha value is -4.31. The van der Waals surface area contributed by atoms with Crippen molar-refractivity contribution in [1.29, 1.82) is 0 Å². The number of para-hydroxylation sites is 1. The highest BCUT2D eigenvalue weighted by Crippen LogP contribution is 2.19. The Bertz CT molecular complexity index is 1250. The summed E-state index contributed by atoms with van der Waals surface area (Å²) >= 11 is 4.01. The number of benzene rings is 1. The Kier molecular flexibility index (Phi) is 12.2. The van der Waals surface area contributed by atoms with Gasteiger partial charge in [-0.15, -0.1) is 0 Å². The number of aromatic amines is 1. The average molecular weight is 578 g/mol. The highest BCUT2D eigenvalue weighted by Gasteiger charge is 2.31. The molecule has 2 rings (SSSR count). The van der Waals surface area contributed by atoms with Crippen molar-refractivity contribution < 1.29 is 29.1 Å². The molecule has 13 N–H and O–H groups in total. The van der Waals surface area contributed by atoms with Crippen molar-refractivity contribution in [2.45, 2.75) is 49.9 Å². The third-order valence-corrected chi connectivity index (χ3v) is 6.26. The molecule has 4 atom stereocenters. The van der Waals surface area contributed by atoms with Gasteiger partial charge < -0.3 is 49.0 Å². The van der Waals surface area contributed by atoms with Crippen LogP contribution in [0, 0.1) is 0 Å². The molecule has 2 aromatic rings. The van der Waals surface area contributed by atoms with Crippen molar-refractivity contribution in [3.8, 4) is 0 Å². The number of nitrogens with two attached hydrogens (primary N) is 4. The number of amides is 4. The van der Waals surface area contributed by atoms with Crippen LogP contribution in [0.2, 0.25) is 0 Å². The second kappa shape index (κ2) is 15.3. The monoisotopic (exact) mass is 577 g/mol. The van der Waals surface area contributed by atoms with Gasteiger partial charge >= 0.3 is 5.97 Å². The number of hydrogen-bond acceptors (Lipinski definition) is 8. The highest BCUT2D eigenvalue weighted by atomic mass is 32.1. The number of nitrogens with zero attached hydrogens (tertiary/aromatic N) is 1. The fourth-order valence-electron chi connectivity index (χ4n) is 3.81. The van der Waals surface area contributed by atoms with Gasteiger partial charge in [0.15, 0.2) is 5.96 Å². The molecule has 1 aromatic carbocycles. The average Bonchev–Trinajstić information content (AvgIpc) is 3.31. The normalized spacial score (nSPS) is 13.8. The molecule has 0 aliphatic heterocycles. The zero-order valence-corrected chi connectivity index (χ0v) is 22.5. The van der Waals surface area contributed by atoms with Crippen LogP contribution in [0.15, 0.2) is 35.5 Å².